The molecule has 0 radical (unpaired) electrons. The minimum atomic E-state index is -0.185. The smallest absolute Gasteiger partial charge is 0.223 e. The van der Waals surface area contributed by atoms with Crippen molar-refractivity contribution in [2.24, 2.45) is 4.99 Å². The summed E-state index contributed by atoms with van der Waals surface area (Å²) in [5, 5.41) is 6.38. The molecular formula is C22H28FIN4O. The maximum atomic E-state index is 13.6. The van der Waals surface area contributed by atoms with Crippen molar-refractivity contribution in [2.75, 3.05) is 20.1 Å². The molecule has 0 spiro atoms. The lowest BCUT2D eigenvalue weighted by molar-refractivity contribution is -0.131. The van der Waals surface area contributed by atoms with E-state index in [1.807, 2.05) is 23.1 Å². The first-order valence-electron chi connectivity index (χ1n) is 9.70. The number of hydrogen-bond donors (Lipinski definition) is 2. The molecule has 2 N–H and O–H groups in total. The maximum absolute atomic E-state index is 13.6. The average Bonchev–Trinajstić information content (AvgIpc) is 3.15. The van der Waals surface area contributed by atoms with E-state index in [4.69, 9.17) is 0 Å². The summed E-state index contributed by atoms with van der Waals surface area (Å²) in [6, 6.07) is 15.0. The number of nitrogens with zero attached hydrogens (tertiary/aromatic N) is 2. The first-order valence-corrected chi connectivity index (χ1v) is 9.70. The maximum Gasteiger partial charge on any atom is 0.223 e. The van der Waals surface area contributed by atoms with Gasteiger partial charge in [0.15, 0.2) is 5.96 Å². The lowest BCUT2D eigenvalue weighted by Gasteiger charge is -2.16. The molecule has 29 heavy (non-hydrogen) atoms. The highest BCUT2D eigenvalue weighted by Gasteiger charge is 2.22. The van der Waals surface area contributed by atoms with Crippen LogP contribution in [0.15, 0.2) is 53.5 Å². The molecule has 0 aromatic heterocycles. The van der Waals surface area contributed by atoms with E-state index >= 15 is 0 Å². The molecule has 0 unspecified atom stereocenters. The number of aliphatic imine (C=N–C) groups is 1. The van der Waals surface area contributed by atoms with Gasteiger partial charge in [0.1, 0.15) is 5.82 Å². The Morgan fingerprint density at radius 2 is 1.66 bits per heavy atom. The van der Waals surface area contributed by atoms with Gasteiger partial charge in [-0.1, -0.05) is 42.5 Å². The number of benzene rings is 2. The van der Waals surface area contributed by atoms with Gasteiger partial charge in [-0.2, -0.15) is 0 Å². The number of hydrogen-bond acceptors (Lipinski definition) is 2. The third kappa shape index (κ3) is 6.69. The zero-order chi connectivity index (χ0) is 19.8. The summed E-state index contributed by atoms with van der Waals surface area (Å²) in [6.07, 6.45) is 1.83. The monoisotopic (exact) mass is 510 g/mol. The molecular weight excluding hydrogens is 482 g/mol. The van der Waals surface area contributed by atoms with E-state index in [0.29, 0.717) is 50.5 Å². The highest BCUT2D eigenvalue weighted by atomic mass is 127. The Hall–Kier alpha value is -2.16. The third-order valence-corrected chi connectivity index (χ3v) is 4.92. The molecule has 1 aliphatic rings. The van der Waals surface area contributed by atoms with Crippen LogP contribution in [0.5, 0.6) is 0 Å². The topological polar surface area (TPSA) is 56.7 Å². The quantitative estimate of drug-likeness (QED) is 0.260. The molecule has 0 aliphatic carbocycles. The highest BCUT2D eigenvalue weighted by molar-refractivity contribution is 14.0. The van der Waals surface area contributed by atoms with Crippen molar-refractivity contribution < 1.29 is 9.18 Å². The van der Waals surface area contributed by atoms with Crippen LogP contribution >= 0.6 is 24.0 Å². The zero-order valence-corrected chi connectivity index (χ0v) is 19.0. The Kier molecular flexibility index (Phi) is 9.37. The summed E-state index contributed by atoms with van der Waals surface area (Å²) in [6.45, 7) is 2.67. The van der Waals surface area contributed by atoms with E-state index in [1.165, 1.54) is 17.2 Å². The van der Waals surface area contributed by atoms with Crippen molar-refractivity contribution >= 4 is 35.8 Å². The Bertz CT molecular complexity index is 818. The second-order valence-electron chi connectivity index (χ2n) is 6.89. The van der Waals surface area contributed by atoms with Crippen LogP contribution in [0.1, 0.15) is 29.5 Å². The first kappa shape index (κ1) is 23.1. The Labute approximate surface area is 188 Å². The number of halogens is 2. The van der Waals surface area contributed by atoms with Gasteiger partial charge in [-0.05, 0) is 35.6 Å². The molecule has 5 nitrogen and oxygen atoms in total. The molecule has 3 rings (SSSR count). The van der Waals surface area contributed by atoms with E-state index in [9.17, 15) is 9.18 Å². The highest BCUT2D eigenvalue weighted by Crippen LogP contribution is 2.22. The fraction of sp³-hybridized carbons (Fsp3) is 0.364. The minimum absolute atomic E-state index is 0. The van der Waals surface area contributed by atoms with Crippen LogP contribution in [0.3, 0.4) is 0 Å². The summed E-state index contributed by atoms with van der Waals surface area (Å²) in [5.74, 6) is 0.660. The summed E-state index contributed by atoms with van der Waals surface area (Å²) < 4.78 is 13.6. The van der Waals surface area contributed by atoms with Gasteiger partial charge in [0.2, 0.25) is 5.91 Å². The van der Waals surface area contributed by atoms with Gasteiger partial charge >= 0.3 is 0 Å². The summed E-state index contributed by atoms with van der Waals surface area (Å²) in [7, 11) is 1.70. The zero-order valence-electron chi connectivity index (χ0n) is 16.7. The second kappa shape index (κ2) is 11.7. The number of rotatable bonds is 7. The molecule has 0 bridgehead atoms. The van der Waals surface area contributed by atoms with E-state index in [2.05, 4.69) is 27.8 Å². The summed E-state index contributed by atoms with van der Waals surface area (Å²) >= 11 is 0. The van der Waals surface area contributed by atoms with Crippen LogP contribution in [-0.4, -0.2) is 36.9 Å². The van der Waals surface area contributed by atoms with E-state index < -0.39 is 0 Å². The molecule has 0 saturated heterocycles. The molecule has 1 amide bonds. The molecule has 2 aromatic carbocycles. The number of guanidine groups is 1. The van der Waals surface area contributed by atoms with E-state index in [0.717, 1.165) is 6.42 Å². The van der Waals surface area contributed by atoms with Gasteiger partial charge < -0.3 is 15.5 Å². The van der Waals surface area contributed by atoms with Crippen LogP contribution in [0.2, 0.25) is 0 Å². The number of nitrogens with one attached hydrogen (secondary N) is 2. The number of fused-ring (bicyclic) bond motifs is 1. The van der Waals surface area contributed by atoms with Crippen molar-refractivity contribution in [3.05, 3.63) is 71.0 Å². The van der Waals surface area contributed by atoms with Gasteiger partial charge in [-0.3, -0.25) is 9.79 Å². The molecule has 1 heterocycles. The van der Waals surface area contributed by atoms with Crippen molar-refractivity contribution in [1.82, 2.24) is 15.5 Å². The normalized spacial score (nSPS) is 12.9. The molecule has 2 aromatic rings. The van der Waals surface area contributed by atoms with Gasteiger partial charge in [-0.25, -0.2) is 4.39 Å². The molecule has 0 atom stereocenters. The Morgan fingerprint density at radius 3 is 2.31 bits per heavy atom. The standard InChI is InChI=1S/C22H27FN4O.HI/c1-24-22(26-14-12-17-7-4-5-10-20(17)23)25-13-6-11-21(28)27-15-18-8-2-3-9-19(18)16-27;/h2-5,7-10H,6,11-16H2,1H3,(H2,24,25,26);1H. The van der Waals surface area contributed by atoms with Gasteiger partial charge in [0, 0.05) is 39.6 Å². The molecule has 0 saturated carbocycles. The minimum Gasteiger partial charge on any atom is -0.356 e. The third-order valence-electron chi connectivity index (χ3n) is 4.92. The number of carbonyl (C=O) groups excluding carboxylic acids is 1. The van der Waals surface area contributed by atoms with Crippen LogP contribution in [0, 0.1) is 5.82 Å². The fourth-order valence-electron chi connectivity index (χ4n) is 3.35. The summed E-state index contributed by atoms with van der Waals surface area (Å²) in [4.78, 5) is 18.5. The SMILES string of the molecule is CN=C(NCCCC(=O)N1Cc2ccccc2C1)NCCc1ccccc1F.I. The van der Waals surface area contributed by atoms with Crippen molar-refractivity contribution in [1.29, 1.82) is 0 Å². The Morgan fingerprint density at radius 1 is 1.03 bits per heavy atom. The number of carbonyl (C=O) groups is 1. The lowest BCUT2D eigenvalue weighted by atomic mass is 10.1. The van der Waals surface area contributed by atoms with Crippen molar-refractivity contribution in [2.45, 2.75) is 32.4 Å². The van der Waals surface area contributed by atoms with E-state index in [1.54, 1.807) is 19.2 Å². The fourth-order valence-corrected chi connectivity index (χ4v) is 3.35. The predicted molar refractivity (Wildman–Crippen MR) is 125 cm³/mol. The average molecular weight is 510 g/mol. The van der Waals surface area contributed by atoms with Crippen LogP contribution in [0.25, 0.3) is 0 Å². The number of amides is 1. The lowest BCUT2D eigenvalue weighted by Crippen LogP contribution is -2.39. The molecule has 156 valence electrons. The first-order chi connectivity index (χ1) is 13.7. The van der Waals surface area contributed by atoms with Crippen LogP contribution < -0.4 is 10.6 Å². The second-order valence-corrected chi connectivity index (χ2v) is 6.89. The summed E-state index contributed by atoms with van der Waals surface area (Å²) in [5.41, 5.74) is 3.17. The van der Waals surface area contributed by atoms with Gasteiger partial charge in [0.25, 0.3) is 0 Å². The van der Waals surface area contributed by atoms with Crippen LogP contribution in [-0.2, 0) is 24.3 Å². The largest absolute Gasteiger partial charge is 0.356 e. The predicted octanol–water partition coefficient (Wildman–Crippen LogP) is 3.47. The van der Waals surface area contributed by atoms with E-state index in [-0.39, 0.29) is 35.7 Å². The molecule has 1 aliphatic heterocycles. The van der Waals surface area contributed by atoms with Crippen molar-refractivity contribution in [3.63, 3.8) is 0 Å². The van der Waals surface area contributed by atoms with Crippen molar-refractivity contribution in [3.8, 4) is 0 Å². The van der Waals surface area contributed by atoms with Gasteiger partial charge in [0.05, 0.1) is 0 Å². The Balaban J connectivity index is 0.00000300. The van der Waals surface area contributed by atoms with Gasteiger partial charge in [-0.15, -0.1) is 24.0 Å². The molecule has 7 heteroatoms. The molecule has 0 fully saturated rings. The van der Waals surface area contributed by atoms with Crippen LogP contribution in [0.4, 0.5) is 4.39 Å².